The third kappa shape index (κ3) is 2.88. The summed E-state index contributed by atoms with van der Waals surface area (Å²) in [4.78, 5) is 2.03. The fourth-order valence-corrected chi connectivity index (χ4v) is 8.30. The van der Waals surface area contributed by atoms with Gasteiger partial charge in [0.1, 0.15) is 6.10 Å². The maximum atomic E-state index is 11.2. The molecule has 2 spiro atoms. The molecule has 5 nitrogen and oxygen atoms in total. The van der Waals surface area contributed by atoms with E-state index in [2.05, 4.69) is 51.1 Å². The highest BCUT2D eigenvalue weighted by Crippen LogP contribution is 2.71. The zero-order valence-electron chi connectivity index (χ0n) is 21.6. The molecule has 3 N–H and O–H groups in total. The topological polar surface area (TPSA) is 73.2 Å². The first-order valence-corrected chi connectivity index (χ1v) is 13.1. The molecule has 0 amide bonds. The number of rotatable bonds is 3. The minimum Gasteiger partial charge on any atom is -0.392 e. The predicted molar refractivity (Wildman–Crippen MR) is 136 cm³/mol. The molecule has 35 heavy (non-hydrogen) atoms. The van der Waals surface area contributed by atoms with Gasteiger partial charge in [-0.2, -0.15) is 0 Å². The smallest absolute Gasteiger partial charge is 0.105 e. The van der Waals surface area contributed by atoms with Crippen LogP contribution in [0.2, 0.25) is 0 Å². The molecule has 5 heteroatoms. The van der Waals surface area contributed by atoms with Gasteiger partial charge in [-0.1, -0.05) is 63.3 Å². The predicted octanol–water partition coefficient (Wildman–Crippen LogP) is 3.84. The Labute approximate surface area is 208 Å². The van der Waals surface area contributed by atoms with Crippen molar-refractivity contribution in [3.8, 4) is 0 Å². The lowest BCUT2D eigenvalue weighted by atomic mass is 9.49. The maximum Gasteiger partial charge on any atom is 0.105 e. The molecule has 188 valence electrons. The molecule has 3 aliphatic carbocycles. The second kappa shape index (κ2) is 7.39. The van der Waals surface area contributed by atoms with Crippen LogP contribution in [0.15, 0.2) is 53.6 Å². The summed E-state index contributed by atoms with van der Waals surface area (Å²) in [6, 6.07) is 8.20. The van der Waals surface area contributed by atoms with Gasteiger partial charge in [-0.15, -0.1) is 0 Å². The first-order valence-electron chi connectivity index (χ1n) is 13.1. The standard InChI is InChI=1S/C30H39NO4/c1-27(2)15-20-14-22-25(33)26(34)23(31(4)5)16-29(22)12-13-30(20,35-29)24-11-10-21(28(24,27)3)19-8-6-18(17-32)7-9-19/h6-10,14-15,23-26,32-34H,11-13,16-17H2,1-5H3/t23?,24?,25-,26-,28-,29-,30-/m1/s1. The first-order chi connectivity index (χ1) is 16.5. The molecular formula is C30H39NO4. The molecular weight excluding hydrogens is 438 g/mol. The second-order valence-corrected chi connectivity index (χ2v) is 12.5. The van der Waals surface area contributed by atoms with Crippen LogP contribution in [-0.2, 0) is 11.3 Å². The van der Waals surface area contributed by atoms with Crippen LogP contribution < -0.4 is 0 Å². The van der Waals surface area contributed by atoms with Crippen LogP contribution in [0.3, 0.4) is 0 Å². The van der Waals surface area contributed by atoms with E-state index in [1.807, 2.05) is 31.1 Å². The van der Waals surface area contributed by atoms with E-state index < -0.39 is 17.8 Å². The number of fused-ring (bicyclic) bond motifs is 1. The van der Waals surface area contributed by atoms with Crippen molar-refractivity contribution < 1.29 is 20.1 Å². The van der Waals surface area contributed by atoms with E-state index in [1.54, 1.807) is 0 Å². The molecule has 7 atom stereocenters. The van der Waals surface area contributed by atoms with Gasteiger partial charge in [0.05, 0.1) is 23.9 Å². The molecule has 2 aliphatic heterocycles. The lowest BCUT2D eigenvalue weighted by Crippen LogP contribution is -2.63. The van der Waals surface area contributed by atoms with Gasteiger partial charge in [0.25, 0.3) is 0 Å². The number of hydrogen-bond donors (Lipinski definition) is 3. The van der Waals surface area contributed by atoms with Crippen LogP contribution in [0.25, 0.3) is 5.57 Å². The molecule has 2 bridgehead atoms. The number of nitrogens with zero attached hydrogens (tertiary/aromatic N) is 1. The molecule has 1 aromatic carbocycles. The van der Waals surface area contributed by atoms with Crippen molar-refractivity contribution >= 4 is 5.57 Å². The summed E-state index contributed by atoms with van der Waals surface area (Å²) >= 11 is 0. The largest absolute Gasteiger partial charge is 0.392 e. The van der Waals surface area contributed by atoms with Gasteiger partial charge in [-0.3, -0.25) is 0 Å². The van der Waals surface area contributed by atoms with Gasteiger partial charge in [0.15, 0.2) is 0 Å². The number of aliphatic hydroxyl groups excluding tert-OH is 3. The Hall–Kier alpha value is -1.76. The number of benzene rings is 1. The zero-order valence-corrected chi connectivity index (χ0v) is 21.6. The van der Waals surface area contributed by atoms with E-state index >= 15 is 0 Å². The molecule has 1 saturated heterocycles. The van der Waals surface area contributed by atoms with Crippen molar-refractivity contribution in [2.45, 2.75) is 82.5 Å². The average molecular weight is 478 g/mol. The van der Waals surface area contributed by atoms with Crippen molar-refractivity contribution in [3.63, 3.8) is 0 Å². The van der Waals surface area contributed by atoms with Gasteiger partial charge >= 0.3 is 0 Å². The molecule has 5 aliphatic rings. The summed E-state index contributed by atoms with van der Waals surface area (Å²) < 4.78 is 7.27. The normalized spacial score (nSPS) is 43.2. The fraction of sp³-hybridized carbons (Fsp3) is 0.600. The summed E-state index contributed by atoms with van der Waals surface area (Å²) in [5, 5.41) is 31.7. The van der Waals surface area contributed by atoms with E-state index in [1.165, 1.54) is 16.7 Å². The van der Waals surface area contributed by atoms with Crippen molar-refractivity contribution in [2.24, 2.45) is 16.7 Å². The fourth-order valence-electron chi connectivity index (χ4n) is 8.30. The van der Waals surface area contributed by atoms with Crippen LogP contribution in [-0.4, -0.2) is 63.8 Å². The summed E-state index contributed by atoms with van der Waals surface area (Å²) in [6.45, 7) is 7.11. The Morgan fingerprint density at radius 3 is 2.43 bits per heavy atom. The lowest BCUT2D eigenvalue weighted by molar-refractivity contribution is -0.170. The van der Waals surface area contributed by atoms with E-state index in [9.17, 15) is 15.3 Å². The molecule has 2 fully saturated rings. The van der Waals surface area contributed by atoms with E-state index in [0.717, 1.165) is 30.4 Å². The molecule has 0 radical (unpaired) electrons. The SMILES string of the molecule is CN(C)C1C[C@@]23CC[C@@]4(O2)C(=CC(C)(C)[C@]2(C)C(c5ccc(CO)cc5)=CCC42)C=C3[C@@H](O)[C@@H]1O. The monoisotopic (exact) mass is 477 g/mol. The zero-order chi connectivity index (χ0) is 25.0. The van der Waals surface area contributed by atoms with Crippen LogP contribution in [0, 0.1) is 16.7 Å². The van der Waals surface area contributed by atoms with Crippen LogP contribution in [0.1, 0.15) is 57.6 Å². The Morgan fingerprint density at radius 1 is 1.06 bits per heavy atom. The minimum atomic E-state index is -0.910. The maximum absolute atomic E-state index is 11.2. The van der Waals surface area contributed by atoms with Gasteiger partial charge < -0.3 is 25.0 Å². The van der Waals surface area contributed by atoms with Crippen LogP contribution >= 0.6 is 0 Å². The van der Waals surface area contributed by atoms with E-state index in [-0.39, 0.29) is 35.0 Å². The van der Waals surface area contributed by atoms with Crippen LogP contribution in [0.5, 0.6) is 0 Å². The van der Waals surface area contributed by atoms with Gasteiger partial charge in [0.2, 0.25) is 0 Å². The second-order valence-electron chi connectivity index (χ2n) is 12.5. The third-order valence-electron chi connectivity index (χ3n) is 10.5. The number of ether oxygens (including phenoxy) is 1. The van der Waals surface area contributed by atoms with Crippen molar-refractivity contribution in [2.75, 3.05) is 14.1 Å². The summed E-state index contributed by atoms with van der Waals surface area (Å²) in [6.07, 6.45) is 8.75. The van der Waals surface area contributed by atoms with Crippen molar-refractivity contribution in [1.29, 1.82) is 0 Å². The Balaban J connectivity index is 1.47. The minimum absolute atomic E-state index is 0.0546. The van der Waals surface area contributed by atoms with Crippen LogP contribution in [0.4, 0.5) is 0 Å². The summed E-state index contributed by atoms with van der Waals surface area (Å²) in [5.41, 5.74) is 4.42. The number of hydrogen-bond acceptors (Lipinski definition) is 5. The van der Waals surface area contributed by atoms with Gasteiger partial charge in [-0.25, -0.2) is 0 Å². The summed E-state index contributed by atoms with van der Waals surface area (Å²) in [5.74, 6) is 0.288. The highest BCUT2D eigenvalue weighted by atomic mass is 16.5. The first kappa shape index (κ1) is 23.6. The third-order valence-corrected chi connectivity index (χ3v) is 10.5. The highest BCUT2D eigenvalue weighted by molar-refractivity contribution is 5.76. The van der Waals surface area contributed by atoms with Gasteiger partial charge in [-0.05, 0) is 73.0 Å². The summed E-state index contributed by atoms with van der Waals surface area (Å²) in [7, 11) is 3.94. The Bertz CT molecular complexity index is 1150. The van der Waals surface area contributed by atoms with Crippen molar-refractivity contribution in [1.82, 2.24) is 4.90 Å². The number of aliphatic hydroxyl groups is 3. The highest BCUT2D eigenvalue weighted by Gasteiger charge is 2.70. The van der Waals surface area contributed by atoms with Crippen molar-refractivity contribution in [3.05, 3.63) is 64.8 Å². The average Bonchev–Trinajstić information content (AvgIpc) is 3.35. The molecule has 0 aromatic heterocycles. The molecule has 6 rings (SSSR count). The van der Waals surface area contributed by atoms with E-state index in [4.69, 9.17) is 4.74 Å². The Kier molecular flexibility index (Phi) is 4.99. The lowest BCUT2D eigenvalue weighted by Gasteiger charge is -2.60. The molecule has 1 aromatic rings. The molecule has 1 saturated carbocycles. The molecule has 2 heterocycles. The van der Waals surface area contributed by atoms with E-state index in [0.29, 0.717) is 6.42 Å². The van der Waals surface area contributed by atoms with Gasteiger partial charge in [0, 0.05) is 17.4 Å². The quantitative estimate of drug-likeness (QED) is 0.617. The Morgan fingerprint density at radius 2 is 1.77 bits per heavy atom. The number of allylic oxidation sites excluding steroid dienone is 3. The number of likely N-dealkylation sites (N-methyl/N-ethyl adjacent to an activating group) is 1. The molecule has 2 unspecified atom stereocenters.